The summed E-state index contributed by atoms with van der Waals surface area (Å²) >= 11 is 3.02. The average Bonchev–Trinajstić information content (AvgIpc) is 2.35. The standard InChI is InChI=1S/C10H12BrNO5/c1-17-9-3-2-6(12(15)16)4-7(9)10(14)8(13)5-11/h2-4,8,10,13-14H,5H2,1H3. The van der Waals surface area contributed by atoms with Gasteiger partial charge in [0.15, 0.2) is 0 Å². The molecule has 0 heterocycles. The number of benzene rings is 1. The zero-order valence-corrected chi connectivity index (χ0v) is 10.6. The van der Waals surface area contributed by atoms with Crippen LogP contribution in [0, 0.1) is 10.1 Å². The van der Waals surface area contributed by atoms with Crippen LogP contribution in [0.4, 0.5) is 5.69 Å². The molecule has 6 nitrogen and oxygen atoms in total. The molecule has 0 radical (unpaired) electrons. The number of methoxy groups -OCH3 is 1. The first-order valence-corrected chi connectivity index (χ1v) is 5.87. The summed E-state index contributed by atoms with van der Waals surface area (Å²) in [6, 6.07) is 3.85. The molecule has 1 rings (SSSR count). The topological polar surface area (TPSA) is 92.8 Å². The molecule has 17 heavy (non-hydrogen) atoms. The number of aliphatic hydroxyl groups excluding tert-OH is 2. The first-order chi connectivity index (χ1) is 8.01. The van der Waals surface area contributed by atoms with E-state index in [0.717, 1.165) is 0 Å². The lowest BCUT2D eigenvalue weighted by atomic mass is 10.0. The number of halogens is 1. The lowest BCUT2D eigenvalue weighted by molar-refractivity contribution is -0.385. The Bertz CT molecular complexity index is 412. The van der Waals surface area contributed by atoms with Gasteiger partial charge in [-0.15, -0.1) is 0 Å². The number of aliphatic hydroxyl groups is 2. The Kier molecular flexibility index (Phi) is 4.86. The number of rotatable bonds is 5. The Morgan fingerprint density at radius 1 is 1.53 bits per heavy atom. The second-order valence-corrected chi connectivity index (χ2v) is 4.00. The van der Waals surface area contributed by atoms with Crippen LogP contribution in [0.25, 0.3) is 0 Å². The van der Waals surface area contributed by atoms with E-state index in [9.17, 15) is 20.3 Å². The highest BCUT2D eigenvalue weighted by Crippen LogP contribution is 2.31. The molecule has 2 N–H and O–H groups in total. The third-order valence-corrected chi connectivity index (χ3v) is 2.93. The minimum atomic E-state index is -1.25. The van der Waals surface area contributed by atoms with Crippen LogP contribution < -0.4 is 4.74 Å². The molecule has 0 spiro atoms. The Morgan fingerprint density at radius 3 is 2.65 bits per heavy atom. The van der Waals surface area contributed by atoms with Crippen LogP contribution in [-0.2, 0) is 0 Å². The van der Waals surface area contributed by atoms with Crippen molar-refractivity contribution in [1.29, 1.82) is 0 Å². The monoisotopic (exact) mass is 305 g/mol. The number of nitrogens with zero attached hydrogens (tertiary/aromatic N) is 1. The molecule has 2 unspecified atom stereocenters. The fraction of sp³-hybridized carbons (Fsp3) is 0.400. The van der Waals surface area contributed by atoms with Crippen molar-refractivity contribution in [3.8, 4) is 5.75 Å². The first-order valence-electron chi connectivity index (χ1n) is 4.75. The van der Waals surface area contributed by atoms with Crippen molar-refractivity contribution in [1.82, 2.24) is 0 Å². The van der Waals surface area contributed by atoms with E-state index in [2.05, 4.69) is 15.9 Å². The number of alkyl halides is 1. The molecule has 1 aromatic carbocycles. The minimum absolute atomic E-state index is 0.153. The van der Waals surface area contributed by atoms with Crippen LogP contribution in [0.5, 0.6) is 5.75 Å². The number of hydrogen-bond donors (Lipinski definition) is 2. The molecule has 7 heteroatoms. The fourth-order valence-corrected chi connectivity index (χ4v) is 1.71. The van der Waals surface area contributed by atoms with Gasteiger partial charge in [0.05, 0.1) is 18.1 Å². The molecular formula is C10H12BrNO5. The van der Waals surface area contributed by atoms with E-state index in [1.54, 1.807) is 0 Å². The van der Waals surface area contributed by atoms with Crippen molar-refractivity contribution < 1.29 is 19.9 Å². The molecule has 1 aromatic rings. The summed E-state index contributed by atoms with van der Waals surface area (Å²) < 4.78 is 4.99. The van der Waals surface area contributed by atoms with Gasteiger partial charge < -0.3 is 14.9 Å². The van der Waals surface area contributed by atoms with Crippen molar-refractivity contribution >= 4 is 21.6 Å². The second kappa shape index (κ2) is 5.95. The number of ether oxygens (including phenoxy) is 1. The van der Waals surface area contributed by atoms with Gasteiger partial charge in [-0.1, -0.05) is 15.9 Å². The van der Waals surface area contributed by atoms with E-state index in [0.29, 0.717) is 5.75 Å². The third kappa shape index (κ3) is 3.15. The first kappa shape index (κ1) is 13.9. The lowest BCUT2D eigenvalue weighted by Crippen LogP contribution is -2.20. The van der Waals surface area contributed by atoms with Gasteiger partial charge in [0.25, 0.3) is 5.69 Å². The summed E-state index contributed by atoms with van der Waals surface area (Å²) in [6.07, 6.45) is -2.31. The maximum absolute atomic E-state index is 10.6. The highest BCUT2D eigenvalue weighted by atomic mass is 79.9. The van der Waals surface area contributed by atoms with Gasteiger partial charge in [-0.3, -0.25) is 10.1 Å². The Morgan fingerprint density at radius 2 is 2.18 bits per heavy atom. The zero-order valence-electron chi connectivity index (χ0n) is 9.04. The van der Waals surface area contributed by atoms with Crippen molar-refractivity contribution in [2.45, 2.75) is 12.2 Å². The fourth-order valence-electron chi connectivity index (χ4n) is 1.36. The summed E-state index contributed by atoms with van der Waals surface area (Å²) in [5, 5.41) is 30.1. The SMILES string of the molecule is COc1ccc([N+](=O)[O-])cc1C(O)C(O)CBr. The summed E-state index contributed by atoms with van der Waals surface area (Å²) in [6.45, 7) is 0. The minimum Gasteiger partial charge on any atom is -0.496 e. The van der Waals surface area contributed by atoms with E-state index in [-0.39, 0.29) is 16.6 Å². The molecule has 0 aliphatic carbocycles. The van der Waals surface area contributed by atoms with Crippen LogP contribution in [0.3, 0.4) is 0 Å². The molecule has 94 valence electrons. The van der Waals surface area contributed by atoms with E-state index in [1.165, 1.54) is 25.3 Å². The van der Waals surface area contributed by atoms with Crippen LogP contribution in [0.1, 0.15) is 11.7 Å². The number of nitro groups is 1. The second-order valence-electron chi connectivity index (χ2n) is 3.35. The maximum Gasteiger partial charge on any atom is 0.270 e. The summed E-state index contributed by atoms with van der Waals surface area (Å²) in [7, 11) is 1.39. The molecule has 0 saturated heterocycles. The molecule has 0 bridgehead atoms. The van der Waals surface area contributed by atoms with Crippen LogP contribution >= 0.6 is 15.9 Å². The van der Waals surface area contributed by atoms with Gasteiger partial charge in [0.1, 0.15) is 11.9 Å². The number of nitro benzene ring substituents is 1. The van der Waals surface area contributed by atoms with Crippen LogP contribution in [0.15, 0.2) is 18.2 Å². The smallest absolute Gasteiger partial charge is 0.270 e. The van der Waals surface area contributed by atoms with Gasteiger partial charge in [-0.2, -0.15) is 0 Å². The van der Waals surface area contributed by atoms with E-state index in [4.69, 9.17) is 4.74 Å². The summed E-state index contributed by atoms with van der Waals surface area (Å²) in [5.74, 6) is 0.295. The van der Waals surface area contributed by atoms with E-state index in [1.807, 2.05) is 0 Å². The molecule has 0 aromatic heterocycles. The van der Waals surface area contributed by atoms with Gasteiger partial charge in [0.2, 0.25) is 0 Å². The Balaban J connectivity index is 3.18. The van der Waals surface area contributed by atoms with Crippen LogP contribution in [0.2, 0.25) is 0 Å². The molecule has 2 atom stereocenters. The highest BCUT2D eigenvalue weighted by Gasteiger charge is 2.23. The largest absolute Gasteiger partial charge is 0.496 e. The normalized spacial score (nSPS) is 14.1. The van der Waals surface area contributed by atoms with Crippen molar-refractivity contribution in [2.75, 3.05) is 12.4 Å². The lowest BCUT2D eigenvalue weighted by Gasteiger charge is -2.18. The predicted molar refractivity (Wildman–Crippen MR) is 64.4 cm³/mol. The third-order valence-electron chi connectivity index (χ3n) is 2.27. The maximum atomic E-state index is 10.6. The molecule has 0 amide bonds. The van der Waals surface area contributed by atoms with Gasteiger partial charge in [-0.05, 0) is 6.07 Å². The predicted octanol–water partition coefficient (Wildman–Crippen LogP) is 1.39. The van der Waals surface area contributed by atoms with Crippen molar-refractivity contribution in [3.63, 3.8) is 0 Å². The van der Waals surface area contributed by atoms with Gasteiger partial charge in [0, 0.05) is 23.0 Å². The van der Waals surface area contributed by atoms with Gasteiger partial charge >= 0.3 is 0 Å². The van der Waals surface area contributed by atoms with Crippen LogP contribution in [-0.4, -0.2) is 33.7 Å². The zero-order chi connectivity index (χ0) is 13.0. The van der Waals surface area contributed by atoms with Crippen molar-refractivity contribution in [3.05, 3.63) is 33.9 Å². The van der Waals surface area contributed by atoms with Crippen molar-refractivity contribution in [2.24, 2.45) is 0 Å². The molecular weight excluding hydrogens is 294 g/mol. The van der Waals surface area contributed by atoms with E-state index < -0.39 is 17.1 Å². The molecule has 0 aliphatic heterocycles. The number of non-ortho nitro benzene ring substituents is 1. The Hall–Kier alpha value is -1.18. The Labute approximate surface area is 106 Å². The summed E-state index contributed by atoms with van der Waals surface area (Å²) in [4.78, 5) is 10.1. The average molecular weight is 306 g/mol. The molecule has 0 fully saturated rings. The molecule has 0 aliphatic rings. The molecule has 0 saturated carbocycles. The van der Waals surface area contributed by atoms with Gasteiger partial charge in [-0.25, -0.2) is 0 Å². The van der Waals surface area contributed by atoms with E-state index >= 15 is 0 Å². The summed E-state index contributed by atoms with van der Waals surface area (Å²) in [5.41, 5.74) is 0.0234. The number of hydrogen-bond acceptors (Lipinski definition) is 5. The quantitative estimate of drug-likeness (QED) is 0.487. The highest BCUT2D eigenvalue weighted by molar-refractivity contribution is 9.09.